The van der Waals surface area contributed by atoms with E-state index in [9.17, 15) is 9.59 Å². The molecule has 2 rings (SSSR count). The van der Waals surface area contributed by atoms with Crippen LogP contribution in [-0.2, 0) is 4.79 Å². The zero-order chi connectivity index (χ0) is 21.9. The van der Waals surface area contributed by atoms with Gasteiger partial charge in [0.15, 0.2) is 0 Å². The van der Waals surface area contributed by atoms with Crippen LogP contribution in [0.1, 0.15) is 31.1 Å². The third-order valence-electron chi connectivity index (χ3n) is 4.22. The molecule has 0 radical (unpaired) electrons. The van der Waals surface area contributed by atoms with Gasteiger partial charge in [-0.2, -0.15) is 0 Å². The fourth-order valence-electron chi connectivity index (χ4n) is 2.68. The van der Waals surface area contributed by atoms with E-state index in [1.165, 1.54) is 11.8 Å². The second kappa shape index (κ2) is 12.2. The first-order valence-electron chi connectivity index (χ1n) is 9.83. The summed E-state index contributed by atoms with van der Waals surface area (Å²) in [4.78, 5) is 27.1. The average molecular weight is 446 g/mol. The van der Waals surface area contributed by atoms with Crippen LogP contribution in [0, 0.1) is 0 Å². The monoisotopic (exact) mass is 445 g/mol. The second-order valence-corrected chi connectivity index (χ2v) is 7.84. The Morgan fingerprint density at radius 3 is 2.30 bits per heavy atom. The highest BCUT2D eigenvalue weighted by molar-refractivity contribution is 8.23. The average Bonchev–Trinajstić information content (AvgIpc) is 2.75. The first-order chi connectivity index (χ1) is 14.5. The molecular formula is C22H27N3O3S2. The lowest BCUT2D eigenvalue weighted by molar-refractivity contribution is -0.113. The number of para-hydroxylation sites is 1. The molecule has 2 amide bonds. The molecule has 0 aliphatic carbocycles. The number of amides is 2. The van der Waals surface area contributed by atoms with Gasteiger partial charge in [-0.1, -0.05) is 36.1 Å². The number of carbonyl (C=O) groups excluding carboxylic acids is 2. The quantitative estimate of drug-likeness (QED) is 0.548. The summed E-state index contributed by atoms with van der Waals surface area (Å²) < 4.78 is 6.10. The summed E-state index contributed by atoms with van der Waals surface area (Å²) in [5.41, 5.74) is 1.49. The zero-order valence-electron chi connectivity index (χ0n) is 17.4. The molecule has 0 bridgehead atoms. The molecule has 0 heterocycles. The summed E-state index contributed by atoms with van der Waals surface area (Å²) in [5, 5.41) is 5.66. The molecule has 0 aliphatic rings. The van der Waals surface area contributed by atoms with E-state index in [-0.39, 0.29) is 17.6 Å². The highest BCUT2D eigenvalue weighted by Gasteiger charge is 2.15. The molecule has 0 unspecified atom stereocenters. The smallest absolute Gasteiger partial charge is 0.257 e. The van der Waals surface area contributed by atoms with Crippen molar-refractivity contribution in [1.29, 1.82) is 0 Å². The number of hydrogen-bond donors (Lipinski definition) is 2. The third-order valence-corrected chi connectivity index (χ3v) is 5.74. The number of carbonyl (C=O) groups is 2. The summed E-state index contributed by atoms with van der Waals surface area (Å²) >= 11 is 6.67. The molecule has 0 aliphatic heterocycles. The van der Waals surface area contributed by atoms with Gasteiger partial charge in [-0.05, 0) is 57.2 Å². The lowest BCUT2D eigenvalue weighted by atomic mass is 10.1. The molecule has 0 atom stereocenters. The van der Waals surface area contributed by atoms with Crippen molar-refractivity contribution in [2.45, 2.75) is 20.8 Å². The number of rotatable bonds is 9. The predicted molar refractivity (Wildman–Crippen MR) is 129 cm³/mol. The SMILES string of the molecule is CCOc1ccc(NC(=O)c2ccccc2NC(=O)CSC(=S)N(CC)CC)cc1. The molecule has 0 aromatic heterocycles. The van der Waals surface area contributed by atoms with Crippen molar-refractivity contribution in [3.63, 3.8) is 0 Å². The summed E-state index contributed by atoms with van der Waals surface area (Å²) in [5.74, 6) is 0.407. The Bertz CT molecular complexity index is 868. The topological polar surface area (TPSA) is 70.7 Å². The van der Waals surface area contributed by atoms with Gasteiger partial charge in [-0.15, -0.1) is 0 Å². The Balaban J connectivity index is 2.00. The Morgan fingerprint density at radius 1 is 1.00 bits per heavy atom. The minimum atomic E-state index is -0.304. The van der Waals surface area contributed by atoms with Crippen LogP contribution in [-0.4, -0.2) is 46.5 Å². The largest absolute Gasteiger partial charge is 0.494 e. The molecule has 2 aromatic rings. The zero-order valence-corrected chi connectivity index (χ0v) is 19.1. The van der Waals surface area contributed by atoms with Crippen LogP contribution in [0.15, 0.2) is 48.5 Å². The second-order valence-electron chi connectivity index (χ2n) is 6.23. The van der Waals surface area contributed by atoms with E-state index in [0.717, 1.165) is 18.8 Å². The van der Waals surface area contributed by atoms with E-state index >= 15 is 0 Å². The summed E-state index contributed by atoms with van der Waals surface area (Å²) in [6.07, 6.45) is 0. The molecular weight excluding hydrogens is 418 g/mol. The minimum Gasteiger partial charge on any atom is -0.494 e. The lowest BCUT2D eigenvalue weighted by Crippen LogP contribution is -2.28. The number of benzene rings is 2. The maximum atomic E-state index is 12.7. The van der Waals surface area contributed by atoms with Gasteiger partial charge in [0.25, 0.3) is 5.91 Å². The summed E-state index contributed by atoms with van der Waals surface area (Å²) in [6.45, 7) is 8.15. The number of anilines is 2. The van der Waals surface area contributed by atoms with E-state index < -0.39 is 0 Å². The van der Waals surface area contributed by atoms with Crippen molar-refractivity contribution < 1.29 is 14.3 Å². The predicted octanol–water partition coefficient (Wildman–Crippen LogP) is 4.64. The highest BCUT2D eigenvalue weighted by atomic mass is 32.2. The van der Waals surface area contributed by atoms with Gasteiger partial charge in [0.2, 0.25) is 5.91 Å². The van der Waals surface area contributed by atoms with Crippen LogP contribution in [0.4, 0.5) is 11.4 Å². The summed E-state index contributed by atoms with van der Waals surface area (Å²) in [7, 11) is 0. The number of ether oxygens (including phenoxy) is 1. The Labute approximate surface area is 187 Å². The van der Waals surface area contributed by atoms with Gasteiger partial charge in [-0.3, -0.25) is 9.59 Å². The molecule has 2 N–H and O–H groups in total. The van der Waals surface area contributed by atoms with Crippen molar-refractivity contribution in [3.05, 3.63) is 54.1 Å². The lowest BCUT2D eigenvalue weighted by Gasteiger charge is -2.20. The van der Waals surface area contributed by atoms with Crippen LogP contribution < -0.4 is 15.4 Å². The van der Waals surface area contributed by atoms with E-state index in [0.29, 0.717) is 27.9 Å². The van der Waals surface area contributed by atoms with Crippen LogP contribution >= 0.6 is 24.0 Å². The molecule has 0 saturated carbocycles. The first-order valence-corrected chi connectivity index (χ1v) is 11.2. The number of nitrogens with one attached hydrogen (secondary N) is 2. The number of thioether (sulfide) groups is 1. The fraction of sp³-hybridized carbons (Fsp3) is 0.318. The van der Waals surface area contributed by atoms with Gasteiger partial charge in [0.05, 0.1) is 23.6 Å². The molecule has 0 saturated heterocycles. The van der Waals surface area contributed by atoms with Crippen LogP contribution in [0.2, 0.25) is 0 Å². The van der Waals surface area contributed by atoms with Crippen molar-refractivity contribution in [1.82, 2.24) is 4.90 Å². The van der Waals surface area contributed by atoms with Crippen molar-refractivity contribution in [2.75, 3.05) is 36.1 Å². The van der Waals surface area contributed by atoms with E-state index in [1.807, 2.05) is 25.7 Å². The number of hydrogen-bond acceptors (Lipinski definition) is 5. The standard InChI is InChI=1S/C22H27N3O3S2/c1-4-25(5-2)22(29)30-15-20(26)24-19-10-8-7-9-18(19)21(27)23-16-11-13-17(14-12-16)28-6-3/h7-14H,4-6,15H2,1-3H3,(H,23,27)(H,24,26). The first kappa shape index (κ1) is 23.7. The molecule has 30 heavy (non-hydrogen) atoms. The van der Waals surface area contributed by atoms with Crippen LogP contribution in [0.3, 0.4) is 0 Å². The number of thiocarbonyl (C=S) groups is 1. The molecule has 8 heteroatoms. The maximum absolute atomic E-state index is 12.7. The van der Waals surface area contributed by atoms with Gasteiger partial charge in [0, 0.05) is 18.8 Å². The minimum absolute atomic E-state index is 0.185. The van der Waals surface area contributed by atoms with Crippen molar-refractivity contribution in [3.8, 4) is 5.75 Å². The van der Waals surface area contributed by atoms with Crippen molar-refractivity contribution >= 4 is 51.5 Å². The summed E-state index contributed by atoms with van der Waals surface area (Å²) in [6, 6.07) is 14.0. The van der Waals surface area contributed by atoms with Gasteiger partial charge in [0.1, 0.15) is 10.1 Å². The van der Waals surface area contributed by atoms with Gasteiger partial charge in [-0.25, -0.2) is 0 Å². The Hall–Kier alpha value is -2.58. The molecule has 160 valence electrons. The molecule has 6 nitrogen and oxygen atoms in total. The van der Waals surface area contributed by atoms with Crippen molar-refractivity contribution in [2.24, 2.45) is 0 Å². The normalized spacial score (nSPS) is 10.2. The van der Waals surface area contributed by atoms with E-state index in [1.54, 1.807) is 48.5 Å². The Morgan fingerprint density at radius 2 is 1.67 bits per heavy atom. The van der Waals surface area contributed by atoms with Gasteiger partial charge < -0.3 is 20.3 Å². The molecule has 0 fully saturated rings. The van der Waals surface area contributed by atoms with Crippen LogP contribution in [0.5, 0.6) is 5.75 Å². The third kappa shape index (κ3) is 7.03. The maximum Gasteiger partial charge on any atom is 0.257 e. The van der Waals surface area contributed by atoms with Gasteiger partial charge >= 0.3 is 0 Å². The van der Waals surface area contributed by atoms with E-state index in [2.05, 4.69) is 10.6 Å². The molecule has 0 spiro atoms. The fourth-order valence-corrected chi connectivity index (χ4v) is 3.88. The number of nitrogens with zero attached hydrogens (tertiary/aromatic N) is 1. The Kier molecular flexibility index (Phi) is 9.63. The van der Waals surface area contributed by atoms with Crippen LogP contribution in [0.25, 0.3) is 0 Å². The van der Waals surface area contributed by atoms with E-state index in [4.69, 9.17) is 17.0 Å². The highest BCUT2D eigenvalue weighted by Crippen LogP contribution is 2.20. The molecule has 2 aromatic carbocycles.